The summed E-state index contributed by atoms with van der Waals surface area (Å²) in [4.78, 5) is 0. The fourth-order valence-corrected chi connectivity index (χ4v) is 3.24. The Morgan fingerprint density at radius 3 is 2.94 bits per heavy atom. The summed E-state index contributed by atoms with van der Waals surface area (Å²) in [6.07, 6.45) is 7.96. The Kier molecular flexibility index (Phi) is 3.96. The minimum Gasteiger partial charge on any atom is -0.314 e. The van der Waals surface area contributed by atoms with Crippen LogP contribution in [0.2, 0.25) is 0 Å². The van der Waals surface area contributed by atoms with Crippen LogP contribution < -0.4 is 10.6 Å². The van der Waals surface area contributed by atoms with Gasteiger partial charge in [-0.15, -0.1) is 0 Å². The molecule has 1 heterocycles. The highest BCUT2D eigenvalue weighted by atomic mass is 14.9. The fourth-order valence-electron chi connectivity index (χ4n) is 3.24. The van der Waals surface area contributed by atoms with Crippen molar-refractivity contribution in [1.29, 1.82) is 0 Å². The Morgan fingerprint density at radius 1 is 1.17 bits per heavy atom. The van der Waals surface area contributed by atoms with Crippen molar-refractivity contribution in [3.8, 4) is 0 Å². The molecule has 0 radical (unpaired) electrons. The molecule has 3 rings (SSSR count). The SMILES string of the molecule is c1cc2c(cc1CCNC1CCCC1)CNCC2. The Morgan fingerprint density at radius 2 is 2.06 bits per heavy atom. The van der Waals surface area contributed by atoms with Gasteiger partial charge in [0.25, 0.3) is 0 Å². The molecular weight excluding hydrogens is 220 g/mol. The Balaban J connectivity index is 1.52. The monoisotopic (exact) mass is 244 g/mol. The summed E-state index contributed by atoms with van der Waals surface area (Å²) in [7, 11) is 0. The maximum Gasteiger partial charge on any atom is 0.0208 e. The van der Waals surface area contributed by atoms with E-state index in [4.69, 9.17) is 0 Å². The van der Waals surface area contributed by atoms with Crippen molar-refractivity contribution in [3.05, 3.63) is 34.9 Å². The second kappa shape index (κ2) is 5.85. The van der Waals surface area contributed by atoms with Crippen LogP contribution in [0.5, 0.6) is 0 Å². The highest BCUT2D eigenvalue weighted by molar-refractivity contribution is 5.33. The van der Waals surface area contributed by atoms with Crippen molar-refractivity contribution in [2.24, 2.45) is 0 Å². The van der Waals surface area contributed by atoms with E-state index in [2.05, 4.69) is 28.8 Å². The first-order valence-corrected chi connectivity index (χ1v) is 7.46. The van der Waals surface area contributed by atoms with Crippen molar-refractivity contribution >= 4 is 0 Å². The maximum atomic E-state index is 3.69. The molecule has 2 heteroatoms. The van der Waals surface area contributed by atoms with E-state index in [1.165, 1.54) is 49.7 Å². The quantitative estimate of drug-likeness (QED) is 0.850. The molecule has 2 aliphatic rings. The van der Waals surface area contributed by atoms with Crippen molar-refractivity contribution in [2.75, 3.05) is 13.1 Å². The smallest absolute Gasteiger partial charge is 0.0208 e. The molecule has 1 aliphatic carbocycles. The molecule has 1 aromatic rings. The van der Waals surface area contributed by atoms with Crippen molar-refractivity contribution in [3.63, 3.8) is 0 Å². The zero-order chi connectivity index (χ0) is 12.2. The number of hydrogen-bond donors (Lipinski definition) is 2. The normalized spacial score (nSPS) is 20.0. The lowest BCUT2D eigenvalue weighted by Crippen LogP contribution is -2.28. The summed E-state index contributed by atoms with van der Waals surface area (Å²) in [5.74, 6) is 0. The zero-order valence-electron chi connectivity index (χ0n) is 11.2. The zero-order valence-corrected chi connectivity index (χ0v) is 11.2. The van der Waals surface area contributed by atoms with Gasteiger partial charge in [-0.3, -0.25) is 0 Å². The van der Waals surface area contributed by atoms with E-state index in [9.17, 15) is 0 Å². The molecular formula is C16H24N2. The molecule has 0 saturated heterocycles. The van der Waals surface area contributed by atoms with Gasteiger partial charge in [-0.1, -0.05) is 31.0 Å². The average molecular weight is 244 g/mol. The van der Waals surface area contributed by atoms with E-state index in [0.29, 0.717) is 0 Å². The van der Waals surface area contributed by atoms with Gasteiger partial charge in [0.05, 0.1) is 0 Å². The number of rotatable bonds is 4. The lowest BCUT2D eigenvalue weighted by molar-refractivity contribution is 0.527. The van der Waals surface area contributed by atoms with Crippen LogP contribution >= 0.6 is 0 Å². The molecule has 2 N–H and O–H groups in total. The second-order valence-corrected chi connectivity index (χ2v) is 5.72. The Bertz CT molecular complexity index is 394. The third kappa shape index (κ3) is 2.93. The van der Waals surface area contributed by atoms with Crippen LogP contribution in [0.4, 0.5) is 0 Å². The lowest BCUT2D eigenvalue weighted by atomic mass is 9.97. The van der Waals surface area contributed by atoms with Crippen LogP contribution in [0.1, 0.15) is 42.4 Å². The summed E-state index contributed by atoms with van der Waals surface area (Å²) in [5, 5.41) is 7.15. The van der Waals surface area contributed by atoms with Crippen molar-refractivity contribution < 1.29 is 0 Å². The highest BCUT2D eigenvalue weighted by Gasteiger charge is 2.13. The summed E-state index contributed by atoms with van der Waals surface area (Å²) in [6.45, 7) is 3.33. The first-order valence-electron chi connectivity index (χ1n) is 7.46. The molecule has 1 aliphatic heterocycles. The number of nitrogens with one attached hydrogen (secondary N) is 2. The van der Waals surface area contributed by atoms with E-state index in [1.54, 1.807) is 5.56 Å². The van der Waals surface area contributed by atoms with E-state index < -0.39 is 0 Å². The third-order valence-electron chi connectivity index (χ3n) is 4.36. The Labute approximate surface area is 110 Å². The molecule has 1 saturated carbocycles. The van der Waals surface area contributed by atoms with Crippen LogP contribution in [0, 0.1) is 0 Å². The molecule has 0 aromatic heterocycles. The van der Waals surface area contributed by atoms with Gasteiger partial charge in [0.15, 0.2) is 0 Å². The minimum atomic E-state index is 0.796. The predicted octanol–water partition coefficient (Wildman–Crippen LogP) is 2.41. The number of fused-ring (bicyclic) bond motifs is 1. The molecule has 0 unspecified atom stereocenters. The molecule has 0 amide bonds. The summed E-state index contributed by atoms with van der Waals surface area (Å²) < 4.78 is 0. The molecule has 18 heavy (non-hydrogen) atoms. The van der Waals surface area contributed by atoms with E-state index >= 15 is 0 Å². The van der Waals surface area contributed by atoms with Crippen LogP contribution in [-0.4, -0.2) is 19.1 Å². The highest BCUT2D eigenvalue weighted by Crippen LogP contribution is 2.18. The third-order valence-corrected chi connectivity index (χ3v) is 4.36. The van der Waals surface area contributed by atoms with Gasteiger partial charge in [-0.2, -0.15) is 0 Å². The predicted molar refractivity (Wildman–Crippen MR) is 75.8 cm³/mol. The lowest BCUT2D eigenvalue weighted by Gasteiger charge is -2.18. The second-order valence-electron chi connectivity index (χ2n) is 5.72. The maximum absolute atomic E-state index is 3.69. The molecule has 1 aromatic carbocycles. The van der Waals surface area contributed by atoms with Crippen LogP contribution in [-0.2, 0) is 19.4 Å². The molecule has 98 valence electrons. The first-order chi connectivity index (χ1) is 8.92. The molecule has 0 atom stereocenters. The van der Waals surface area contributed by atoms with Gasteiger partial charge >= 0.3 is 0 Å². The summed E-state index contributed by atoms with van der Waals surface area (Å²) >= 11 is 0. The number of hydrogen-bond acceptors (Lipinski definition) is 2. The van der Waals surface area contributed by atoms with E-state index in [0.717, 1.165) is 25.7 Å². The molecule has 2 nitrogen and oxygen atoms in total. The standard InChI is InChI=1S/C16H24N2/c1-2-4-16(3-1)18-10-7-13-5-6-14-8-9-17-12-15(14)11-13/h5-6,11,16-18H,1-4,7-10,12H2. The van der Waals surface area contributed by atoms with E-state index in [1.807, 2.05) is 0 Å². The van der Waals surface area contributed by atoms with E-state index in [-0.39, 0.29) is 0 Å². The fraction of sp³-hybridized carbons (Fsp3) is 0.625. The molecule has 1 fully saturated rings. The van der Waals surface area contributed by atoms with Gasteiger partial charge in [-0.25, -0.2) is 0 Å². The minimum absolute atomic E-state index is 0.796. The van der Waals surface area contributed by atoms with Crippen LogP contribution in [0.15, 0.2) is 18.2 Å². The van der Waals surface area contributed by atoms with Crippen LogP contribution in [0.3, 0.4) is 0 Å². The van der Waals surface area contributed by atoms with Gasteiger partial charge < -0.3 is 10.6 Å². The topological polar surface area (TPSA) is 24.1 Å². The Hall–Kier alpha value is -0.860. The first kappa shape index (κ1) is 12.2. The molecule has 0 spiro atoms. The van der Waals surface area contributed by atoms with Gasteiger partial charge in [-0.05, 0) is 55.5 Å². The van der Waals surface area contributed by atoms with Gasteiger partial charge in [0.1, 0.15) is 0 Å². The number of benzene rings is 1. The van der Waals surface area contributed by atoms with Crippen molar-refractivity contribution in [1.82, 2.24) is 10.6 Å². The van der Waals surface area contributed by atoms with Gasteiger partial charge in [0, 0.05) is 12.6 Å². The molecule has 0 bridgehead atoms. The van der Waals surface area contributed by atoms with Gasteiger partial charge in [0.2, 0.25) is 0 Å². The van der Waals surface area contributed by atoms with Crippen LogP contribution in [0.25, 0.3) is 0 Å². The van der Waals surface area contributed by atoms with Crippen molar-refractivity contribution in [2.45, 2.75) is 51.1 Å². The summed E-state index contributed by atoms with van der Waals surface area (Å²) in [6, 6.07) is 7.85. The summed E-state index contributed by atoms with van der Waals surface area (Å²) in [5.41, 5.74) is 4.55. The largest absolute Gasteiger partial charge is 0.314 e. The average Bonchev–Trinajstić information content (AvgIpc) is 2.92.